The van der Waals surface area contributed by atoms with Gasteiger partial charge in [0.05, 0.1) is 24.2 Å². The number of nitriles is 1. The average Bonchev–Trinajstić information content (AvgIpc) is 2.37. The minimum absolute atomic E-state index is 0.141. The van der Waals surface area contributed by atoms with E-state index in [4.69, 9.17) is 10.00 Å². The molecule has 1 aromatic rings. The van der Waals surface area contributed by atoms with Gasteiger partial charge >= 0.3 is 5.97 Å². The van der Waals surface area contributed by atoms with Crippen LogP contribution in [0.1, 0.15) is 24.8 Å². The summed E-state index contributed by atoms with van der Waals surface area (Å²) in [7, 11) is 1.43. The van der Waals surface area contributed by atoms with E-state index in [1.54, 1.807) is 12.1 Å². The van der Waals surface area contributed by atoms with Crippen molar-refractivity contribution < 1.29 is 9.53 Å². The Morgan fingerprint density at radius 1 is 1.56 bits per heavy atom. The second-order valence-corrected chi connectivity index (χ2v) is 4.67. The summed E-state index contributed by atoms with van der Waals surface area (Å²) < 4.78 is 4.86. The zero-order valence-corrected chi connectivity index (χ0v) is 10.4. The average molecular weight is 244 g/mol. The van der Waals surface area contributed by atoms with Crippen LogP contribution in [0.3, 0.4) is 0 Å². The third-order valence-corrected chi connectivity index (χ3v) is 3.55. The molecule has 0 aromatic heterocycles. The highest BCUT2D eigenvalue weighted by Gasteiger charge is 2.45. The Bertz CT molecular complexity index is 487. The highest BCUT2D eigenvalue weighted by Crippen LogP contribution is 2.42. The van der Waals surface area contributed by atoms with E-state index in [0.717, 1.165) is 24.9 Å². The predicted molar refractivity (Wildman–Crippen MR) is 67.9 cm³/mol. The number of esters is 1. The van der Waals surface area contributed by atoms with Crippen molar-refractivity contribution in [1.82, 2.24) is 0 Å². The molecule has 2 rings (SSSR count). The van der Waals surface area contributed by atoms with Crippen LogP contribution in [-0.2, 0) is 9.53 Å². The highest BCUT2D eigenvalue weighted by atomic mass is 16.5. The van der Waals surface area contributed by atoms with E-state index in [1.165, 1.54) is 7.11 Å². The van der Waals surface area contributed by atoms with Gasteiger partial charge in [-0.3, -0.25) is 4.79 Å². The summed E-state index contributed by atoms with van der Waals surface area (Å²) >= 11 is 0. The topological polar surface area (TPSA) is 62.1 Å². The molecule has 4 heteroatoms. The maximum absolute atomic E-state index is 11.7. The first-order valence-electron chi connectivity index (χ1n) is 6.03. The van der Waals surface area contributed by atoms with Crippen LogP contribution < -0.4 is 5.32 Å². The van der Waals surface area contributed by atoms with Gasteiger partial charge in [-0.25, -0.2) is 0 Å². The van der Waals surface area contributed by atoms with Crippen molar-refractivity contribution in [1.29, 1.82) is 5.26 Å². The van der Waals surface area contributed by atoms with Gasteiger partial charge in [0.2, 0.25) is 0 Å². The van der Waals surface area contributed by atoms with Crippen molar-refractivity contribution in [2.75, 3.05) is 19.0 Å². The molecule has 18 heavy (non-hydrogen) atoms. The molecule has 0 spiro atoms. The second kappa shape index (κ2) is 5.09. The van der Waals surface area contributed by atoms with Crippen molar-refractivity contribution in [3.8, 4) is 6.07 Å². The Hall–Kier alpha value is -2.02. The molecule has 1 N–H and O–H groups in total. The lowest BCUT2D eigenvalue weighted by molar-refractivity contribution is -0.157. The van der Waals surface area contributed by atoms with Crippen LogP contribution in [-0.4, -0.2) is 19.6 Å². The monoisotopic (exact) mass is 244 g/mol. The van der Waals surface area contributed by atoms with Crippen LogP contribution >= 0.6 is 0 Å². The van der Waals surface area contributed by atoms with Crippen molar-refractivity contribution in [2.45, 2.75) is 19.3 Å². The van der Waals surface area contributed by atoms with Gasteiger partial charge < -0.3 is 10.1 Å². The second-order valence-electron chi connectivity index (χ2n) is 4.67. The third-order valence-electron chi connectivity index (χ3n) is 3.55. The number of methoxy groups -OCH3 is 1. The standard InChI is InChI=1S/C14H16N2O2/c1-18-13(17)14(6-3-7-14)10-16-12-5-2-4-11(8-12)9-15/h2,4-5,8,16H,3,6-7,10H2,1H3. The van der Waals surface area contributed by atoms with Gasteiger partial charge in [0, 0.05) is 12.2 Å². The molecular weight excluding hydrogens is 228 g/mol. The molecule has 0 amide bonds. The molecule has 1 aliphatic carbocycles. The van der Waals surface area contributed by atoms with Crippen LogP contribution in [0.4, 0.5) is 5.69 Å². The molecule has 0 aliphatic heterocycles. The van der Waals surface area contributed by atoms with Crippen molar-refractivity contribution in [3.63, 3.8) is 0 Å². The van der Waals surface area contributed by atoms with Gasteiger partial charge in [-0.1, -0.05) is 12.5 Å². The maximum atomic E-state index is 11.7. The molecule has 1 fully saturated rings. The van der Waals surface area contributed by atoms with Crippen LogP contribution in [0.15, 0.2) is 24.3 Å². The number of nitrogens with one attached hydrogen (secondary N) is 1. The number of rotatable bonds is 4. The summed E-state index contributed by atoms with van der Waals surface area (Å²) in [6, 6.07) is 9.35. The zero-order chi connectivity index (χ0) is 13.0. The van der Waals surface area contributed by atoms with Crippen LogP contribution in [0, 0.1) is 16.7 Å². The Morgan fingerprint density at radius 2 is 2.33 bits per heavy atom. The third kappa shape index (κ3) is 2.30. The largest absolute Gasteiger partial charge is 0.469 e. The van der Waals surface area contributed by atoms with Gasteiger partial charge in [0.1, 0.15) is 0 Å². The number of benzene rings is 1. The highest BCUT2D eigenvalue weighted by molar-refractivity contribution is 5.78. The molecule has 0 atom stereocenters. The number of hydrogen-bond donors (Lipinski definition) is 1. The molecule has 0 heterocycles. The van der Waals surface area contributed by atoms with Crippen molar-refractivity contribution in [2.24, 2.45) is 5.41 Å². The molecular formula is C14H16N2O2. The minimum Gasteiger partial charge on any atom is -0.469 e. The van der Waals surface area contributed by atoms with E-state index < -0.39 is 0 Å². The summed E-state index contributed by atoms with van der Waals surface area (Å²) in [4.78, 5) is 11.7. The number of carbonyl (C=O) groups is 1. The van der Waals surface area contributed by atoms with Gasteiger partial charge in [-0.15, -0.1) is 0 Å². The summed E-state index contributed by atoms with van der Waals surface area (Å²) in [5, 5.41) is 12.0. The van der Waals surface area contributed by atoms with E-state index in [1.807, 2.05) is 12.1 Å². The summed E-state index contributed by atoms with van der Waals surface area (Å²) in [5.41, 5.74) is 1.10. The SMILES string of the molecule is COC(=O)C1(CNc2cccc(C#N)c2)CCC1. The summed E-state index contributed by atoms with van der Waals surface area (Å²) in [6.07, 6.45) is 2.80. The van der Waals surface area contributed by atoms with Gasteiger partial charge in [0.25, 0.3) is 0 Å². The van der Waals surface area contributed by atoms with Crippen LogP contribution in [0.25, 0.3) is 0 Å². The molecule has 0 unspecified atom stereocenters. The number of nitrogens with zero attached hydrogens (tertiary/aromatic N) is 1. The van der Waals surface area contributed by atoms with Crippen molar-refractivity contribution >= 4 is 11.7 Å². The fourth-order valence-electron chi connectivity index (χ4n) is 2.24. The minimum atomic E-state index is -0.378. The fourth-order valence-corrected chi connectivity index (χ4v) is 2.24. The fraction of sp³-hybridized carbons (Fsp3) is 0.429. The van der Waals surface area contributed by atoms with E-state index in [2.05, 4.69) is 11.4 Å². The quantitative estimate of drug-likeness (QED) is 0.825. The summed E-state index contributed by atoms with van der Waals surface area (Å²) in [6.45, 7) is 0.564. The molecule has 0 bridgehead atoms. The lowest BCUT2D eigenvalue weighted by Crippen LogP contribution is -2.44. The van der Waals surface area contributed by atoms with Gasteiger partial charge in [-0.2, -0.15) is 5.26 Å². The first-order chi connectivity index (χ1) is 8.70. The Balaban J connectivity index is 2.02. The number of anilines is 1. The number of hydrogen-bond acceptors (Lipinski definition) is 4. The smallest absolute Gasteiger partial charge is 0.313 e. The molecule has 1 aromatic carbocycles. The molecule has 4 nitrogen and oxygen atoms in total. The normalized spacial score (nSPS) is 16.2. The van der Waals surface area contributed by atoms with Crippen molar-refractivity contribution in [3.05, 3.63) is 29.8 Å². The van der Waals surface area contributed by atoms with Crippen LogP contribution in [0.2, 0.25) is 0 Å². The van der Waals surface area contributed by atoms with Crippen LogP contribution in [0.5, 0.6) is 0 Å². The van der Waals surface area contributed by atoms with E-state index in [-0.39, 0.29) is 11.4 Å². The molecule has 0 radical (unpaired) electrons. The first-order valence-corrected chi connectivity index (χ1v) is 6.03. The Labute approximate surface area is 107 Å². The van der Waals surface area contributed by atoms with E-state index >= 15 is 0 Å². The Kier molecular flexibility index (Phi) is 3.52. The lowest BCUT2D eigenvalue weighted by Gasteiger charge is -2.39. The molecule has 94 valence electrons. The predicted octanol–water partition coefficient (Wildman–Crippen LogP) is 2.31. The Morgan fingerprint density at radius 3 is 2.89 bits per heavy atom. The van der Waals surface area contributed by atoms with E-state index in [0.29, 0.717) is 12.1 Å². The first kappa shape index (κ1) is 12.4. The van der Waals surface area contributed by atoms with E-state index in [9.17, 15) is 4.79 Å². The lowest BCUT2D eigenvalue weighted by atomic mass is 9.68. The molecule has 0 saturated heterocycles. The molecule has 1 aliphatic rings. The zero-order valence-electron chi connectivity index (χ0n) is 10.4. The summed E-state index contributed by atoms with van der Waals surface area (Å²) in [5.74, 6) is -0.141. The van der Waals surface area contributed by atoms with Gasteiger partial charge in [0.15, 0.2) is 0 Å². The molecule has 1 saturated carbocycles. The maximum Gasteiger partial charge on any atom is 0.313 e. The van der Waals surface area contributed by atoms with Gasteiger partial charge in [-0.05, 0) is 31.0 Å². The number of carbonyl (C=O) groups excluding carboxylic acids is 1. The number of ether oxygens (including phenoxy) is 1.